The summed E-state index contributed by atoms with van der Waals surface area (Å²) in [5.74, 6) is -0.867. The van der Waals surface area contributed by atoms with E-state index in [0.29, 0.717) is 0 Å². The van der Waals surface area contributed by atoms with Gasteiger partial charge in [-0.05, 0) is 6.92 Å². The van der Waals surface area contributed by atoms with Crippen molar-refractivity contribution in [1.29, 1.82) is 0 Å². The zero-order chi connectivity index (χ0) is 13.4. The molecule has 0 aromatic heterocycles. The van der Waals surface area contributed by atoms with Crippen LogP contribution in [0.4, 0.5) is 0 Å². The Morgan fingerprint density at radius 2 is 1.75 bits per heavy atom. The van der Waals surface area contributed by atoms with E-state index in [9.17, 15) is 13.2 Å². The molecule has 0 aliphatic rings. The van der Waals surface area contributed by atoms with Crippen LogP contribution in [0.5, 0.6) is 0 Å². The molecule has 1 N–H and O–H groups in total. The fraction of sp³-hybridized carbons (Fsp3) is 0.667. The Labute approximate surface area is 95.8 Å². The molecule has 0 saturated carbocycles. The average Bonchev–Trinajstić information content (AvgIpc) is 1.99. The second kappa shape index (κ2) is 4.15. The predicted molar refractivity (Wildman–Crippen MR) is 58.9 cm³/mol. The number of ether oxygens (including phenoxy) is 1. The smallest absolute Gasteiger partial charge is 0.369 e. The Balaban J connectivity index is 5.48. The number of hydrogen-bond acceptors (Lipinski definition) is 4. The van der Waals surface area contributed by atoms with Crippen molar-refractivity contribution in [3.05, 3.63) is 12.2 Å². The molecule has 0 aromatic carbocycles. The number of carbonyl (C=O) groups is 1. The van der Waals surface area contributed by atoms with Gasteiger partial charge in [0.2, 0.25) is 0 Å². The minimum Gasteiger partial charge on any atom is -0.390 e. The molecule has 0 rings (SSSR count). The maximum absolute atomic E-state index is 11.3. The van der Waals surface area contributed by atoms with Crippen molar-refractivity contribution in [3.8, 4) is 0 Å². The molecule has 0 aliphatic carbocycles. The SMILES string of the molecule is C=C(C)C(=O)OC(C)([N+](C)(C)C)S(=O)(=O)O. The normalized spacial score (nSPS) is 16.4. The van der Waals surface area contributed by atoms with E-state index in [1.165, 1.54) is 28.1 Å². The average molecular weight is 252 g/mol. The van der Waals surface area contributed by atoms with Crippen molar-refractivity contribution in [3.63, 3.8) is 0 Å². The molecule has 0 aromatic rings. The minimum atomic E-state index is -4.56. The number of nitrogens with zero attached hydrogens (tertiary/aromatic N) is 1. The third-order valence-electron chi connectivity index (χ3n) is 2.33. The largest absolute Gasteiger partial charge is 0.390 e. The van der Waals surface area contributed by atoms with Crippen LogP contribution < -0.4 is 0 Å². The molecule has 0 aliphatic heterocycles. The van der Waals surface area contributed by atoms with Crippen LogP contribution in [0, 0.1) is 0 Å². The summed E-state index contributed by atoms with van der Waals surface area (Å²) in [4.78, 5) is 11.3. The lowest BCUT2D eigenvalue weighted by molar-refractivity contribution is -0.927. The van der Waals surface area contributed by atoms with E-state index < -0.39 is 21.1 Å². The first-order valence-electron chi connectivity index (χ1n) is 4.50. The number of rotatable bonds is 4. The van der Waals surface area contributed by atoms with Crippen LogP contribution in [0.15, 0.2) is 12.2 Å². The lowest BCUT2D eigenvalue weighted by atomic mass is 10.3. The van der Waals surface area contributed by atoms with Crippen molar-refractivity contribution in [2.24, 2.45) is 0 Å². The first-order chi connectivity index (χ1) is 6.83. The summed E-state index contributed by atoms with van der Waals surface area (Å²) in [6.07, 6.45) is 0. The summed E-state index contributed by atoms with van der Waals surface area (Å²) in [5.41, 5.74) is 0.0586. The molecule has 1 unspecified atom stereocenters. The second-order valence-electron chi connectivity index (χ2n) is 4.56. The minimum absolute atomic E-state index is 0.0586. The summed E-state index contributed by atoms with van der Waals surface area (Å²) in [6.45, 7) is 5.86. The van der Waals surface area contributed by atoms with Crippen molar-refractivity contribution in [2.45, 2.75) is 18.9 Å². The molecule has 0 saturated heterocycles. The first-order valence-corrected chi connectivity index (χ1v) is 5.94. The van der Waals surface area contributed by atoms with Gasteiger partial charge in [0.05, 0.1) is 21.1 Å². The van der Waals surface area contributed by atoms with Gasteiger partial charge in [0.25, 0.3) is 0 Å². The predicted octanol–water partition coefficient (Wildman–Crippen LogP) is 0.373. The van der Waals surface area contributed by atoms with Crippen LogP contribution in [0.25, 0.3) is 0 Å². The number of carbonyl (C=O) groups excluding carboxylic acids is 1. The van der Waals surface area contributed by atoms with Gasteiger partial charge in [0, 0.05) is 12.5 Å². The van der Waals surface area contributed by atoms with Crippen LogP contribution in [0.2, 0.25) is 0 Å². The van der Waals surface area contributed by atoms with E-state index in [4.69, 9.17) is 9.29 Å². The molecule has 0 amide bonds. The van der Waals surface area contributed by atoms with Gasteiger partial charge < -0.3 is 4.74 Å². The van der Waals surface area contributed by atoms with Gasteiger partial charge in [-0.3, -0.25) is 9.04 Å². The summed E-state index contributed by atoms with van der Waals surface area (Å²) < 4.78 is 36.3. The van der Waals surface area contributed by atoms with E-state index in [1.54, 1.807) is 0 Å². The number of quaternary nitrogens is 1. The molecule has 16 heavy (non-hydrogen) atoms. The Morgan fingerprint density at radius 3 is 1.94 bits per heavy atom. The van der Waals surface area contributed by atoms with Gasteiger partial charge in [-0.15, -0.1) is 0 Å². The zero-order valence-corrected chi connectivity index (χ0v) is 11.0. The molecule has 6 nitrogen and oxygen atoms in total. The molecular weight excluding hydrogens is 234 g/mol. The van der Waals surface area contributed by atoms with Crippen LogP contribution in [0.1, 0.15) is 13.8 Å². The van der Waals surface area contributed by atoms with E-state index in [0.717, 1.165) is 6.92 Å². The molecule has 0 spiro atoms. The van der Waals surface area contributed by atoms with Crippen molar-refractivity contribution >= 4 is 16.1 Å². The van der Waals surface area contributed by atoms with Crippen molar-refractivity contribution in [1.82, 2.24) is 0 Å². The summed E-state index contributed by atoms with van der Waals surface area (Å²) in [6, 6.07) is 0. The molecule has 0 heterocycles. The highest BCUT2D eigenvalue weighted by molar-refractivity contribution is 7.86. The van der Waals surface area contributed by atoms with Gasteiger partial charge in [0.15, 0.2) is 0 Å². The lowest BCUT2D eigenvalue weighted by Crippen LogP contribution is -2.62. The maximum atomic E-state index is 11.3. The van der Waals surface area contributed by atoms with Gasteiger partial charge in [-0.1, -0.05) is 6.58 Å². The van der Waals surface area contributed by atoms with Crippen molar-refractivity contribution < 1.29 is 27.0 Å². The number of hydrogen-bond donors (Lipinski definition) is 1. The quantitative estimate of drug-likeness (QED) is 0.257. The fourth-order valence-corrected chi connectivity index (χ4v) is 1.67. The highest BCUT2D eigenvalue weighted by atomic mass is 32.2. The third-order valence-corrected chi connectivity index (χ3v) is 3.92. The van der Waals surface area contributed by atoms with Crippen LogP contribution in [-0.4, -0.2) is 49.6 Å². The van der Waals surface area contributed by atoms with E-state index in [1.807, 2.05) is 0 Å². The van der Waals surface area contributed by atoms with Gasteiger partial charge >= 0.3 is 21.1 Å². The summed E-state index contributed by atoms with van der Waals surface area (Å²) >= 11 is 0. The van der Waals surface area contributed by atoms with E-state index in [2.05, 4.69) is 6.58 Å². The molecular formula is C9H18NO5S+. The standard InChI is InChI=1S/C9H17NO5S/c1-7(2)8(11)15-9(3,10(4,5)6)16(12,13)14/h1H2,2-6H3/p+1. The van der Waals surface area contributed by atoms with Gasteiger partial charge in [0.1, 0.15) is 0 Å². The Kier molecular flexibility index (Phi) is 3.92. The fourth-order valence-electron chi connectivity index (χ4n) is 0.795. The molecule has 1 atom stereocenters. The molecule has 94 valence electrons. The first kappa shape index (κ1) is 15.1. The molecule has 0 bridgehead atoms. The van der Waals surface area contributed by atoms with Crippen molar-refractivity contribution in [2.75, 3.05) is 21.1 Å². The zero-order valence-electron chi connectivity index (χ0n) is 10.1. The monoisotopic (exact) mass is 252 g/mol. The van der Waals surface area contributed by atoms with Gasteiger partial charge in [-0.2, -0.15) is 8.42 Å². The number of esters is 1. The summed E-state index contributed by atoms with van der Waals surface area (Å²) in [5, 5.41) is -2.07. The van der Waals surface area contributed by atoms with Crippen LogP contribution >= 0.6 is 0 Å². The highest BCUT2D eigenvalue weighted by Gasteiger charge is 2.54. The topological polar surface area (TPSA) is 80.7 Å². The lowest BCUT2D eigenvalue weighted by Gasteiger charge is -2.39. The Morgan fingerprint density at radius 1 is 1.38 bits per heavy atom. The Hall–Kier alpha value is -0.920. The molecule has 7 heteroatoms. The van der Waals surface area contributed by atoms with E-state index >= 15 is 0 Å². The molecule has 0 radical (unpaired) electrons. The highest BCUT2D eigenvalue weighted by Crippen LogP contribution is 2.26. The van der Waals surface area contributed by atoms with Gasteiger partial charge in [-0.25, -0.2) is 4.79 Å². The molecule has 0 fully saturated rings. The maximum Gasteiger partial charge on any atom is 0.369 e. The Bertz CT molecular complexity index is 406. The van der Waals surface area contributed by atoms with E-state index in [-0.39, 0.29) is 10.1 Å². The summed E-state index contributed by atoms with van der Waals surface area (Å²) in [7, 11) is -0.106. The third kappa shape index (κ3) is 2.81. The second-order valence-corrected chi connectivity index (χ2v) is 6.26. The van der Waals surface area contributed by atoms with Crippen LogP contribution in [-0.2, 0) is 19.6 Å². The van der Waals surface area contributed by atoms with Crippen LogP contribution in [0.3, 0.4) is 0 Å².